The molecule has 1 aromatic heterocycles. The van der Waals surface area contributed by atoms with Crippen LogP contribution in [0.2, 0.25) is 0 Å². The van der Waals surface area contributed by atoms with Crippen molar-refractivity contribution in [1.29, 1.82) is 0 Å². The topological polar surface area (TPSA) is 71.3 Å². The van der Waals surface area contributed by atoms with Gasteiger partial charge in [0, 0.05) is 12.1 Å². The highest BCUT2D eigenvalue weighted by atomic mass is 32.2. The van der Waals surface area contributed by atoms with Gasteiger partial charge in [0.1, 0.15) is 5.76 Å². The molecule has 6 heteroatoms. The summed E-state index contributed by atoms with van der Waals surface area (Å²) in [6.07, 6.45) is 1.57. The van der Waals surface area contributed by atoms with E-state index in [9.17, 15) is 8.42 Å². The second-order valence-electron chi connectivity index (χ2n) is 6.50. The monoisotopic (exact) mass is 392 g/mol. The van der Waals surface area contributed by atoms with Crippen LogP contribution in [-0.4, -0.2) is 15.5 Å². The van der Waals surface area contributed by atoms with Gasteiger partial charge in [-0.1, -0.05) is 36.4 Å². The summed E-state index contributed by atoms with van der Waals surface area (Å²) < 4.78 is 34.4. The van der Waals surface area contributed by atoms with Crippen molar-refractivity contribution in [3.05, 3.63) is 84.6 Å². The molecule has 3 aromatic carbocycles. The normalized spacial score (nSPS) is 11.6. The van der Waals surface area contributed by atoms with Crippen LogP contribution >= 0.6 is 0 Å². The zero-order valence-corrected chi connectivity index (χ0v) is 16.2. The van der Waals surface area contributed by atoms with Gasteiger partial charge in [-0.2, -0.15) is 0 Å². The summed E-state index contributed by atoms with van der Waals surface area (Å²) in [4.78, 5) is 0.218. The summed E-state index contributed by atoms with van der Waals surface area (Å²) in [6, 6.07) is 22.0. The number of furan rings is 1. The van der Waals surface area contributed by atoms with Crippen molar-refractivity contribution in [3.63, 3.8) is 0 Å². The van der Waals surface area contributed by atoms with Crippen molar-refractivity contribution in [2.75, 3.05) is 11.8 Å². The fourth-order valence-corrected chi connectivity index (χ4v) is 4.28. The molecule has 142 valence electrons. The number of nitrogens with one attached hydrogen (secondary N) is 2. The number of fused-ring (bicyclic) bond motifs is 1. The van der Waals surface area contributed by atoms with Crippen LogP contribution in [0.4, 0.5) is 5.69 Å². The van der Waals surface area contributed by atoms with Gasteiger partial charge in [0.15, 0.2) is 0 Å². The molecule has 4 aromatic rings. The molecule has 0 saturated carbocycles. The Balaban J connectivity index is 1.76. The fourth-order valence-electron chi connectivity index (χ4n) is 3.17. The molecule has 0 radical (unpaired) electrons. The van der Waals surface area contributed by atoms with Gasteiger partial charge in [-0.05, 0) is 59.8 Å². The summed E-state index contributed by atoms with van der Waals surface area (Å²) in [6.45, 7) is 0.628. The average Bonchev–Trinajstić information content (AvgIpc) is 3.22. The molecule has 0 saturated heterocycles. The molecule has 0 unspecified atom stereocenters. The first-order valence-electron chi connectivity index (χ1n) is 8.90. The molecule has 5 nitrogen and oxygen atoms in total. The van der Waals surface area contributed by atoms with E-state index in [4.69, 9.17) is 4.42 Å². The largest absolute Gasteiger partial charge is 0.464 e. The highest BCUT2D eigenvalue weighted by molar-refractivity contribution is 7.92. The number of anilines is 1. The average molecular weight is 392 g/mol. The molecular formula is C22H20N2O3S. The van der Waals surface area contributed by atoms with Crippen LogP contribution in [0.5, 0.6) is 0 Å². The molecular weight excluding hydrogens is 372 g/mol. The minimum Gasteiger partial charge on any atom is -0.464 e. The SMILES string of the molecule is CNCc1ccc(-c2ccco2)c(NS(=O)(=O)c2ccc3ccccc3c2)c1. The van der Waals surface area contributed by atoms with Crippen LogP contribution in [0, 0.1) is 0 Å². The van der Waals surface area contributed by atoms with Crippen molar-refractivity contribution < 1.29 is 12.8 Å². The Morgan fingerprint density at radius 2 is 1.71 bits per heavy atom. The van der Waals surface area contributed by atoms with E-state index in [0.29, 0.717) is 23.6 Å². The number of rotatable bonds is 6. The maximum absolute atomic E-state index is 13.1. The molecule has 0 atom stereocenters. The molecule has 0 aliphatic rings. The summed E-state index contributed by atoms with van der Waals surface area (Å²) in [5.74, 6) is 0.604. The van der Waals surface area contributed by atoms with Crippen LogP contribution in [0.15, 0.2) is 88.4 Å². The Labute approximate surface area is 164 Å². The van der Waals surface area contributed by atoms with Gasteiger partial charge in [0.2, 0.25) is 0 Å². The molecule has 4 rings (SSSR count). The van der Waals surface area contributed by atoms with Crippen LogP contribution in [0.25, 0.3) is 22.1 Å². The van der Waals surface area contributed by atoms with Crippen LogP contribution < -0.4 is 10.0 Å². The highest BCUT2D eigenvalue weighted by Crippen LogP contribution is 2.31. The van der Waals surface area contributed by atoms with Crippen LogP contribution in [0.1, 0.15) is 5.56 Å². The molecule has 0 aliphatic heterocycles. The van der Waals surface area contributed by atoms with Gasteiger partial charge in [-0.3, -0.25) is 4.72 Å². The first kappa shape index (κ1) is 18.3. The summed E-state index contributed by atoms with van der Waals surface area (Å²) in [5, 5.41) is 4.95. The van der Waals surface area contributed by atoms with Gasteiger partial charge in [-0.15, -0.1) is 0 Å². The Morgan fingerprint density at radius 1 is 0.893 bits per heavy atom. The fraction of sp³-hybridized carbons (Fsp3) is 0.0909. The van der Waals surface area contributed by atoms with Crippen LogP contribution in [0.3, 0.4) is 0 Å². The molecule has 0 spiro atoms. The number of hydrogen-bond acceptors (Lipinski definition) is 4. The van der Waals surface area contributed by atoms with Gasteiger partial charge < -0.3 is 9.73 Å². The van der Waals surface area contributed by atoms with Crippen molar-refractivity contribution in [3.8, 4) is 11.3 Å². The van der Waals surface area contributed by atoms with E-state index in [-0.39, 0.29) is 4.90 Å². The third kappa shape index (κ3) is 3.65. The molecule has 1 heterocycles. The predicted molar refractivity (Wildman–Crippen MR) is 112 cm³/mol. The lowest BCUT2D eigenvalue weighted by molar-refractivity contribution is 0.582. The molecule has 2 N–H and O–H groups in total. The van der Waals surface area contributed by atoms with Crippen molar-refractivity contribution >= 4 is 26.5 Å². The second kappa shape index (κ2) is 7.50. The van der Waals surface area contributed by atoms with E-state index in [0.717, 1.165) is 16.3 Å². The van der Waals surface area contributed by atoms with E-state index in [1.807, 2.05) is 55.6 Å². The lowest BCUT2D eigenvalue weighted by Crippen LogP contribution is -2.14. The van der Waals surface area contributed by atoms with Gasteiger partial charge >= 0.3 is 0 Å². The Kier molecular flexibility index (Phi) is 4.90. The maximum Gasteiger partial charge on any atom is 0.261 e. The van der Waals surface area contributed by atoms with Gasteiger partial charge in [0.05, 0.1) is 16.8 Å². The predicted octanol–water partition coefficient (Wildman–Crippen LogP) is 4.62. The van der Waals surface area contributed by atoms with Crippen molar-refractivity contribution in [1.82, 2.24) is 5.32 Å². The van der Waals surface area contributed by atoms with Crippen LogP contribution in [-0.2, 0) is 16.6 Å². The third-order valence-electron chi connectivity index (χ3n) is 4.53. The van der Waals surface area contributed by atoms with E-state index < -0.39 is 10.0 Å². The number of benzene rings is 3. The zero-order chi connectivity index (χ0) is 19.6. The molecule has 0 amide bonds. The molecule has 0 bridgehead atoms. The van der Waals surface area contributed by atoms with E-state index in [1.54, 1.807) is 30.5 Å². The van der Waals surface area contributed by atoms with E-state index >= 15 is 0 Å². The highest BCUT2D eigenvalue weighted by Gasteiger charge is 2.18. The maximum atomic E-state index is 13.1. The number of hydrogen-bond donors (Lipinski definition) is 2. The minimum atomic E-state index is -3.76. The standard InChI is InChI=1S/C22H20N2O3S/c1-23-15-16-8-11-20(22-7-4-12-27-22)21(13-16)24-28(25,26)19-10-9-17-5-2-3-6-18(17)14-19/h2-14,23-24H,15H2,1H3. The van der Waals surface area contributed by atoms with E-state index in [1.165, 1.54) is 0 Å². The smallest absolute Gasteiger partial charge is 0.261 e. The molecule has 28 heavy (non-hydrogen) atoms. The quantitative estimate of drug-likeness (QED) is 0.502. The summed E-state index contributed by atoms with van der Waals surface area (Å²) in [5.41, 5.74) is 2.14. The first-order valence-corrected chi connectivity index (χ1v) is 10.4. The minimum absolute atomic E-state index is 0.218. The van der Waals surface area contributed by atoms with Crippen molar-refractivity contribution in [2.24, 2.45) is 0 Å². The van der Waals surface area contributed by atoms with Crippen molar-refractivity contribution in [2.45, 2.75) is 11.4 Å². The second-order valence-corrected chi connectivity index (χ2v) is 8.18. The zero-order valence-electron chi connectivity index (χ0n) is 15.3. The molecule has 0 aliphatic carbocycles. The van der Waals surface area contributed by atoms with Gasteiger partial charge in [0.25, 0.3) is 10.0 Å². The third-order valence-corrected chi connectivity index (χ3v) is 5.89. The van der Waals surface area contributed by atoms with Gasteiger partial charge in [-0.25, -0.2) is 8.42 Å². The van der Waals surface area contributed by atoms with E-state index in [2.05, 4.69) is 10.0 Å². The molecule has 0 fully saturated rings. The number of sulfonamides is 1. The Hall–Kier alpha value is -3.09. The summed E-state index contributed by atoms with van der Waals surface area (Å²) >= 11 is 0. The first-order chi connectivity index (χ1) is 13.6. The Morgan fingerprint density at radius 3 is 2.46 bits per heavy atom. The lowest BCUT2D eigenvalue weighted by Gasteiger charge is -2.14. The summed E-state index contributed by atoms with van der Waals surface area (Å²) in [7, 11) is -1.92. The Bertz CT molecular complexity index is 1220. The lowest BCUT2D eigenvalue weighted by atomic mass is 10.1.